The first-order valence-corrected chi connectivity index (χ1v) is 8.95. The Hall–Kier alpha value is -1.70. The van der Waals surface area contributed by atoms with Gasteiger partial charge >= 0.3 is 0 Å². The predicted octanol–water partition coefficient (Wildman–Crippen LogP) is 2.61. The fourth-order valence-corrected chi connectivity index (χ4v) is 3.67. The van der Waals surface area contributed by atoms with Crippen molar-refractivity contribution < 1.29 is 9.53 Å². The topological polar surface area (TPSA) is 58.6 Å². The highest BCUT2D eigenvalue weighted by Crippen LogP contribution is 2.25. The number of pyridine rings is 1. The molecule has 0 bridgehead atoms. The van der Waals surface area contributed by atoms with Crippen LogP contribution in [0.5, 0.6) is 0 Å². The van der Waals surface area contributed by atoms with Crippen LogP contribution in [0.3, 0.4) is 0 Å². The molecule has 2 aromatic heterocycles. The third-order valence-electron chi connectivity index (χ3n) is 3.77. The Balaban J connectivity index is 1.72. The van der Waals surface area contributed by atoms with Crippen LogP contribution in [0.25, 0.3) is 0 Å². The first kappa shape index (κ1) is 17.1. The molecule has 0 spiro atoms. The Morgan fingerprint density at radius 1 is 1.46 bits per heavy atom. The zero-order valence-corrected chi connectivity index (χ0v) is 15.2. The molecule has 0 unspecified atom stereocenters. The number of aromatic nitrogens is 2. The first-order chi connectivity index (χ1) is 11.5. The maximum absolute atomic E-state index is 12.5. The SMILES string of the molecule is Cc1csc(CN(C)c2ncc(C(=O)N3CCOCC3)cc2Cl)n1. The van der Waals surface area contributed by atoms with E-state index in [-0.39, 0.29) is 5.91 Å². The van der Waals surface area contributed by atoms with Gasteiger partial charge < -0.3 is 14.5 Å². The van der Waals surface area contributed by atoms with Crippen LogP contribution in [0.15, 0.2) is 17.6 Å². The summed E-state index contributed by atoms with van der Waals surface area (Å²) >= 11 is 7.97. The highest BCUT2D eigenvalue weighted by atomic mass is 35.5. The molecule has 0 radical (unpaired) electrons. The van der Waals surface area contributed by atoms with E-state index in [2.05, 4.69) is 9.97 Å². The Labute approximate surface area is 150 Å². The van der Waals surface area contributed by atoms with Crippen LogP contribution in [-0.2, 0) is 11.3 Å². The molecular formula is C16H19ClN4O2S. The third-order valence-corrected chi connectivity index (χ3v) is 5.00. The van der Waals surface area contributed by atoms with Gasteiger partial charge in [-0.3, -0.25) is 4.79 Å². The molecule has 6 nitrogen and oxygen atoms in total. The number of thiazole rings is 1. The van der Waals surface area contributed by atoms with Crippen molar-refractivity contribution in [2.24, 2.45) is 0 Å². The molecule has 1 aliphatic heterocycles. The molecule has 0 aromatic carbocycles. The molecule has 1 aliphatic rings. The Kier molecular flexibility index (Phi) is 5.33. The lowest BCUT2D eigenvalue weighted by molar-refractivity contribution is 0.0302. The largest absolute Gasteiger partial charge is 0.378 e. The molecule has 8 heteroatoms. The number of carbonyl (C=O) groups is 1. The van der Waals surface area contributed by atoms with Crippen molar-refractivity contribution in [1.82, 2.24) is 14.9 Å². The third kappa shape index (κ3) is 3.85. The average molecular weight is 367 g/mol. The zero-order chi connectivity index (χ0) is 17.1. The molecule has 0 atom stereocenters. The van der Waals surface area contributed by atoms with Gasteiger partial charge in [-0.15, -0.1) is 11.3 Å². The number of nitrogens with zero attached hydrogens (tertiary/aromatic N) is 4. The number of amides is 1. The van der Waals surface area contributed by atoms with Crippen LogP contribution in [-0.4, -0.2) is 54.1 Å². The van der Waals surface area contributed by atoms with E-state index < -0.39 is 0 Å². The molecule has 2 aromatic rings. The van der Waals surface area contributed by atoms with Crippen molar-refractivity contribution >= 4 is 34.7 Å². The van der Waals surface area contributed by atoms with E-state index >= 15 is 0 Å². The Morgan fingerprint density at radius 3 is 2.83 bits per heavy atom. The van der Waals surface area contributed by atoms with E-state index in [9.17, 15) is 4.79 Å². The number of hydrogen-bond donors (Lipinski definition) is 0. The van der Waals surface area contributed by atoms with E-state index in [0.717, 1.165) is 10.7 Å². The number of hydrogen-bond acceptors (Lipinski definition) is 6. The van der Waals surface area contributed by atoms with Gasteiger partial charge in [0.15, 0.2) is 0 Å². The van der Waals surface area contributed by atoms with Crippen LogP contribution in [0.1, 0.15) is 21.1 Å². The van der Waals surface area contributed by atoms with Crippen LogP contribution in [0.2, 0.25) is 5.02 Å². The van der Waals surface area contributed by atoms with Gasteiger partial charge in [-0.1, -0.05) is 11.6 Å². The molecule has 1 saturated heterocycles. The zero-order valence-electron chi connectivity index (χ0n) is 13.7. The number of morpholine rings is 1. The van der Waals surface area contributed by atoms with Gasteiger partial charge in [0.2, 0.25) is 0 Å². The summed E-state index contributed by atoms with van der Waals surface area (Å²) in [6.45, 7) is 4.93. The lowest BCUT2D eigenvalue weighted by atomic mass is 10.2. The molecular weight excluding hydrogens is 348 g/mol. The van der Waals surface area contributed by atoms with Gasteiger partial charge in [0, 0.05) is 37.4 Å². The average Bonchev–Trinajstić information content (AvgIpc) is 2.99. The van der Waals surface area contributed by atoms with Crippen molar-refractivity contribution in [3.05, 3.63) is 38.9 Å². The van der Waals surface area contributed by atoms with Crippen LogP contribution in [0, 0.1) is 6.92 Å². The second-order valence-electron chi connectivity index (χ2n) is 5.67. The summed E-state index contributed by atoms with van der Waals surface area (Å²) in [5.74, 6) is 0.584. The molecule has 0 saturated carbocycles. The second-order valence-corrected chi connectivity index (χ2v) is 7.02. The van der Waals surface area contributed by atoms with Gasteiger partial charge in [0.25, 0.3) is 5.91 Å². The first-order valence-electron chi connectivity index (χ1n) is 7.69. The molecule has 3 rings (SSSR count). The Morgan fingerprint density at radius 2 is 2.21 bits per heavy atom. The maximum Gasteiger partial charge on any atom is 0.255 e. The number of rotatable bonds is 4. The van der Waals surface area contributed by atoms with E-state index in [0.29, 0.717) is 49.3 Å². The molecule has 0 aliphatic carbocycles. The standard InChI is InChI=1S/C16H19ClN4O2S/c1-11-10-24-14(19-11)9-20(2)15-13(17)7-12(8-18-15)16(22)21-3-5-23-6-4-21/h7-8,10H,3-6,9H2,1-2H3. The van der Waals surface area contributed by atoms with E-state index in [4.69, 9.17) is 16.3 Å². The van der Waals surface area contributed by atoms with Crippen molar-refractivity contribution in [2.45, 2.75) is 13.5 Å². The van der Waals surface area contributed by atoms with Gasteiger partial charge in [-0.2, -0.15) is 0 Å². The summed E-state index contributed by atoms with van der Waals surface area (Å²) in [4.78, 5) is 25.0. The quantitative estimate of drug-likeness (QED) is 0.832. The van der Waals surface area contributed by atoms with Crippen molar-refractivity contribution in [2.75, 3.05) is 38.3 Å². The van der Waals surface area contributed by atoms with Crippen molar-refractivity contribution in [3.63, 3.8) is 0 Å². The number of halogens is 1. The van der Waals surface area contributed by atoms with Crippen LogP contribution < -0.4 is 4.90 Å². The normalized spacial score (nSPS) is 14.7. The molecule has 128 valence electrons. The minimum atomic E-state index is -0.0579. The monoisotopic (exact) mass is 366 g/mol. The summed E-state index contributed by atoms with van der Waals surface area (Å²) in [5, 5.41) is 3.48. The summed E-state index contributed by atoms with van der Waals surface area (Å²) in [6, 6.07) is 1.69. The smallest absolute Gasteiger partial charge is 0.255 e. The van der Waals surface area contributed by atoms with E-state index in [1.807, 2.05) is 24.3 Å². The molecule has 24 heavy (non-hydrogen) atoms. The van der Waals surface area contributed by atoms with Gasteiger partial charge in [-0.25, -0.2) is 9.97 Å². The summed E-state index contributed by atoms with van der Waals surface area (Å²) in [6.07, 6.45) is 1.59. The van der Waals surface area contributed by atoms with Crippen LogP contribution >= 0.6 is 22.9 Å². The summed E-state index contributed by atoms with van der Waals surface area (Å²) in [7, 11) is 1.91. The fourth-order valence-electron chi connectivity index (χ4n) is 2.53. The molecule has 1 fully saturated rings. The second kappa shape index (κ2) is 7.46. The minimum Gasteiger partial charge on any atom is -0.378 e. The molecule has 3 heterocycles. The Bertz CT molecular complexity index is 731. The minimum absolute atomic E-state index is 0.0579. The summed E-state index contributed by atoms with van der Waals surface area (Å²) < 4.78 is 5.27. The van der Waals surface area contributed by atoms with E-state index in [1.54, 1.807) is 28.5 Å². The van der Waals surface area contributed by atoms with Gasteiger partial charge in [0.05, 0.1) is 30.3 Å². The van der Waals surface area contributed by atoms with Crippen LogP contribution in [0.4, 0.5) is 5.82 Å². The molecule has 1 amide bonds. The van der Waals surface area contributed by atoms with Gasteiger partial charge in [0.1, 0.15) is 10.8 Å². The lowest BCUT2D eigenvalue weighted by Crippen LogP contribution is -2.40. The predicted molar refractivity (Wildman–Crippen MR) is 94.9 cm³/mol. The highest BCUT2D eigenvalue weighted by molar-refractivity contribution is 7.09. The number of ether oxygens (including phenoxy) is 1. The van der Waals surface area contributed by atoms with Crippen molar-refractivity contribution in [3.8, 4) is 0 Å². The number of aryl methyl sites for hydroxylation is 1. The van der Waals surface area contributed by atoms with E-state index in [1.165, 1.54) is 0 Å². The summed E-state index contributed by atoms with van der Waals surface area (Å²) in [5.41, 5.74) is 1.51. The fraction of sp³-hybridized carbons (Fsp3) is 0.438. The maximum atomic E-state index is 12.5. The molecule has 0 N–H and O–H groups in total. The number of carbonyl (C=O) groups excluding carboxylic acids is 1. The number of anilines is 1. The lowest BCUT2D eigenvalue weighted by Gasteiger charge is -2.27. The highest BCUT2D eigenvalue weighted by Gasteiger charge is 2.20. The van der Waals surface area contributed by atoms with Gasteiger partial charge in [-0.05, 0) is 13.0 Å². The van der Waals surface area contributed by atoms with Crippen molar-refractivity contribution in [1.29, 1.82) is 0 Å².